The molecule has 5 heteroatoms. The number of ether oxygens (including phenoxy) is 1. The van der Waals surface area contributed by atoms with E-state index < -0.39 is 6.10 Å². The van der Waals surface area contributed by atoms with Crippen molar-refractivity contribution < 1.29 is 14.3 Å². The first-order chi connectivity index (χ1) is 10.6. The summed E-state index contributed by atoms with van der Waals surface area (Å²) in [4.78, 5) is 23.7. The molecule has 0 aliphatic carbocycles. The third-order valence-electron chi connectivity index (χ3n) is 3.55. The van der Waals surface area contributed by atoms with Crippen LogP contribution in [0.4, 0.5) is 0 Å². The molecule has 0 saturated carbocycles. The van der Waals surface area contributed by atoms with E-state index in [2.05, 4.69) is 5.32 Å². The highest BCUT2D eigenvalue weighted by Crippen LogP contribution is 2.32. The van der Waals surface area contributed by atoms with Gasteiger partial charge in [-0.2, -0.15) is 0 Å². The van der Waals surface area contributed by atoms with Crippen molar-refractivity contribution in [1.29, 1.82) is 0 Å². The summed E-state index contributed by atoms with van der Waals surface area (Å²) in [6, 6.07) is 14.4. The van der Waals surface area contributed by atoms with Gasteiger partial charge in [-0.15, -0.1) is 0 Å². The van der Waals surface area contributed by atoms with Crippen LogP contribution in [0.25, 0.3) is 0 Å². The van der Waals surface area contributed by atoms with Gasteiger partial charge in [0, 0.05) is 17.1 Å². The fourth-order valence-electron chi connectivity index (χ4n) is 2.41. The lowest BCUT2D eigenvalue weighted by molar-refractivity contribution is -0.123. The van der Waals surface area contributed by atoms with E-state index >= 15 is 0 Å². The maximum absolute atomic E-state index is 12.0. The van der Waals surface area contributed by atoms with Crippen LogP contribution in [0.5, 0.6) is 0 Å². The molecule has 1 aliphatic heterocycles. The van der Waals surface area contributed by atoms with E-state index in [4.69, 9.17) is 16.3 Å². The lowest BCUT2D eigenvalue weighted by Crippen LogP contribution is -2.24. The number of carbonyl (C=O) groups is 2. The van der Waals surface area contributed by atoms with E-state index in [0.717, 1.165) is 11.1 Å². The van der Waals surface area contributed by atoms with Gasteiger partial charge >= 0.3 is 5.97 Å². The van der Waals surface area contributed by atoms with Crippen LogP contribution in [0.2, 0.25) is 5.02 Å². The third-order valence-corrected chi connectivity index (χ3v) is 3.80. The SMILES string of the molecule is O=C(C[C@H]1OC(=O)c2ccccc21)NCc1ccc(Cl)cc1. The van der Waals surface area contributed by atoms with Gasteiger partial charge in [0.2, 0.25) is 5.91 Å². The summed E-state index contributed by atoms with van der Waals surface area (Å²) in [6.07, 6.45) is -0.384. The molecule has 0 bridgehead atoms. The Bertz CT molecular complexity index is 712. The van der Waals surface area contributed by atoms with E-state index in [0.29, 0.717) is 17.1 Å². The molecular weight excluding hydrogens is 302 g/mol. The molecule has 2 aromatic carbocycles. The Hall–Kier alpha value is -2.33. The first-order valence-electron chi connectivity index (χ1n) is 6.94. The number of carbonyl (C=O) groups excluding carboxylic acids is 2. The van der Waals surface area contributed by atoms with Crippen molar-refractivity contribution in [1.82, 2.24) is 5.32 Å². The zero-order chi connectivity index (χ0) is 15.5. The summed E-state index contributed by atoms with van der Waals surface area (Å²) in [5.41, 5.74) is 2.27. The second-order valence-electron chi connectivity index (χ2n) is 5.09. The highest BCUT2D eigenvalue weighted by atomic mass is 35.5. The van der Waals surface area contributed by atoms with Crippen molar-refractivity contribution in [3.05, 3.63) is 70.2 Å². The second kappa shape index (κ2) is 6.20. The average molecular weight is 316 g/mol. The number of esters is 1. The van der Waals surface area contributed by atoms with E-state index in [1.807, 2.05) is 24.3 Å². The van der Waals surface area contributed by atoms with Crippen molar-refractivity contribution in [2.75, 3.05) is 0 Å². The zero-order valence-corrected chi connectivity index (χ0v) is 12.5. The molecule has 1 aliphatic rings. The minimum atomic E-state index is -0.506. The van der Waals surface area contributed by atoms with E-state index in [9.17, 15) is 9.59 Å². The first kappa shape index (κ1) is 14.6. The topological polar surface area (TPSA) is 55.4 Å². The van der Waals surface area contributed by atoms with E-state index in [1.54, 1.807) is 24.3 Å². The Morgan fingerprint density at radius 1 is 1.14 bits per heavy atom. The summed E-state index contributed by atoms with van der Waals surface area (Å²) in [7, 11) is 0. The third kappa shape index (κ3) is 3.12. The molecule has 3 rings (SSSR count). The molecule has 2 aromatic rings. The molecule has 1 N–H and O–H groups in total. The summed E-state index contributed by atoms with van der Waals surface area (Å²) in [5.74, 6) is -0.532. The maximum atomic E-state index is 12.0. The van der Waals surface area contributed by atoms with Gasteiger partial charge in [0.15, 0.2) is 0 Å². The minimum absolute atomic E-state index is 0.121. The van der Waals surface area contributed by atoms with Crippen LogP contribution in [-0.4, -0.2) is 11.9 Å². The van der Waals surface area contributed by atoms with Gasteiger partial charge in [-0.05, 0) is 23.8 Å². The second-order valence-corrected chi connectivity index (χ2v) is 5.52. The Morgan fingerprint density at radius 2 is 1.86 bits per heavy atom. The molecule has 112 valence electrons. The summed E-state index contributed by atoms with van der Waals surface area (Å²) < 4.78 is 5.25. The Balaban J connectivity index is 1.59. The quantitative estimate of drug-likeness (QED) is 0.881. The normalized spacial score (nSPS) is 16.0. The van der Waals surface area contributed by atoms with Gasteiger partial charge in [0.05, 0.1) is 12.0 Å². The molecule has 0 aromatic heterocycles. The van der Waals surface area contributed by atoms with Gasteiger partial charge in [-0.1, -0.05) is 41.9 Å². The van der Waals surface area contributed by atoms with Crippen LogP contribution in [0.15, 0.2) is 48.5 Å². The van der Waals surface area contributed by atoms with Crippen LogP contribution < -0.4 is 5.32 Å². The largest absolute Gasteiger partial charge is 0.453 e. The molecule has 0 fully saturated rings. The summed E-state index contributed by atoms with van der Waals surface area (Å²) >= 11 is 5.81. The van der Waals surface area contributed by atoms with Gasteiger partial charge in [0.25, 0.3) is 0 Å². The fraction of sp³-hybridized carbons (Fsp3) is 0.176. The maximum Gasteiger partial charge on any atom is 0.339 e. The number of halogens is 1. The summed E-state index contributed by atoms with van der Waals surface area (Å²) in [6.45, 7) is 0.415. The van der Waals surface area contributed by atoms with Crippen LogP contribution >= 0.6 is 11.6 Å². The zero-order valence-electron chi connectivity index (χ0n) is 11.7. The molecule has 1 atom stereocenters. The smallest absolute Gasteiger partial charge is 0.339 e. The van der Waals surface area contributed by atoms with Crippen molar-refractivity contribution in [3.8, 4) is 0 Å². The standard InChI is InChI=1S/C17H14ClNO3/c18-12-7-5-11(6-8-12)10-19-16(20)9-15-13-3-1-2-4-14(13)17(21)22-15/h1-8,15H,9-10H2,(H,19,20)/t15-/m1/s1. The number of benzene rings is 2. The lowest BCUT2D eigenvalue weighted by atomic mass is 10.0. The molecule has 0 unspecified atom stereocenters. The van der Waals surface area contributed by atoms with Crippen molar-refractivity contribution in [2.24, 2.45) is 0 Å². The number of fused-ring (bicyclic) bond motifs is 1. The van der Waals surface area contributed by atoms with Crippen molar-refractivity contribution in [2.45, 2.75) is 19.1 Å². The molecule has 0 radical (unpaired) electrons. The predicted molar refractivity (Wildman–Crippen MR) is 82.5 cm³/mol. The average Bonchev–Trinajstić information content (AvgIpc) is 2.83. The fourth-order valence-corrected chi connectivity index (χ4v) is 2.54. The molecule has 0 spiro atoms. The van der Waals surface area contributed by atoms with Gasteiger partial charge in [0.1, 0.15) is 6.10 Å². The number of cyclic esters (lactones) is 1. The first-order valence-corrected chi connectivity index (χ1v) is 7.32. The Labute approximate surface area is 133 Å². The van der Waals surface area contributed by atoms with Gasteiger partial charge < -0.3 is 10.1 Å². The lowest BCUT2D eigenvalue weighted by Gasteiger charge is -2.11. The summed E-state index contributed by atoms with van der Waals surface area (Å²) in [5, 5.41) is 3.47. The number of rotatable bonds is 4. The van der Waals surface area contributed by atoms with E-state index in [1.165, 1.54) is 0 Å². The highest BCUT2D eigenvalue weighted by molar-refractivity contribution is 6.30. The molecule has 1 amide bonds. The molecule has 0 saturated heterocycles. The monoisotopic (exact) mass is 315 g/mol. The molecule has 4 nitrogen and oxygen atoms in total. The predicted octanol–water partition coefficient (Wildman–Crippen LogP) is 3.26. The minimum Gasteiger partial charge on any atom is -0.453 e. The highest BCUT2D eigenvalue weighted by Gasteiger charge is 2.31. The van der Waals surface area contributed by atoms with E-state index in [-0.39, 0.29) is 18.3 Å². The van der Waals surface area contributed by atoms with Crippen molar-refractivity contribution in [3.63, 3.8) is 0 Å². The number of hydrogen-bond donors (Lipinski definition) is 1. The molecule has 1 heterocycles. The Kier molecular flexibility index (Phi) is 4.11. The van der Waals surface area contributed by atoms with Gasteiger partial charge in [-0.3, -0.25) is 4.79 Å². The molecular formula is C17H14ClNO3. The van der Waals surface area contributed by atoms with Gasteiger partial charge in [-0.25, -0.2) is 4.79 Å². The number of nitrogens with one attached hydrogen (secondary N) is 1. The van der Waals surface area contributed by atoms with Crippen molar-refractivity contribution >= 4 is 23.5 Å². The Morgan fingerprint density at radius 3 is 2.64 bits per heavy atom. The van der Waals surface area contributed by atoms with Crippen LogP contribution in [0, 0.1) is 0 Å². The van der Waals surface area contributed by atoms with Crippen LogP contribution in [0.1, 0.15) is 34.0 Å². The number of amides is 1. The molecule has 22 heavy (non-hydrogen) atoms. The van der Waals surface area contributed by atoms with Crippen LogP contribution in [0.3, 0.4) is 0 Å². The number of hydrogen-bond acceptors (Lipinski definition) is 3. The van der Waals surface area contributed by atoms with Crippen LogP contribution in [-0.2, 0) is 16.1 Å².